The van der Waals surface area contributed by atoms with Crippen molar-refractivity contribution in [1.82, 2.24) is 4.90 Å². The highest BCUT2D eigenvalue weighted by molar-refractivity contribution is 5.97. The second-order valence-corrected chi connectivity index (χ2v) is 6.13. The molecule has 5 heteroatoms. The van der Waals surface area contributed by atoms with E-state index in [4.69, 9.17) is 15.2 Å². The highest BCUT2D eigenvalue weighted by Gasteiger charge is 2.24. The van der Waals surface area contributed by atoms with E-state index in [0.29, 0.717) is 36.0 Å². The van der Waals surface area contributed by atoms with E-state index in [-0.39, 0.29) is 11.9 Å². The average molecular weight is 340 g/mol. The molecule has 1 amide bonds. The van der Waals surface area contributed by atoms with E-state index in [9.17, 15) is 4.79 Å². The van der Waals surface area contributed by atoms with Crippen molar-refractivity contribution in [3.8, 4) is 17.2 Å². The number of para-hydroxylation sites is 3. The molecule has 25 heavy (non-hydrogen) atoms. The Kier molecular flexibility index (Phi) is 5.56. The predicted octanol–water partition coefficient (Wildman–Crippen LogP) is 3.44. The van der Waals surface area contributed by atoms with Crippen molar-refractivity contribution in [3.63, 3.8) is 0 Å². The van der Waals surface area contributed by atoms with Crippen molar-refractivity contribution in [2.24, 2.45) is 5.73 Å². The first-order valence-electron chi connectivity index (χ1n) is 8.72. The van der Waals surface area contributed by atoms with Crippen molar-refractivity contribution in [2.45, 2.75) is 25.8 Å². The summed E-state index contributed by atoms with van der Waals surface area (Å²) in [4.78, 5) is 14.7. The fraction of sp³-hybridized carbons (Fsp3) is 0.350. The summed E-state index contributed by atoms with van der Waals surface area (Å²) in [6.07, 6.45) is 1.90. The lowest BCUT2D eigenvalue weighted by Gasteiger charge is -2.31. The highest BCUT2D eigenvalue weighted by Crippen LogP contribution is 2.33. The van der Waals surface area contributed by atoms with Crippen LogP contribution in [-0.4, -0.2) is 36.5 Å². The van der Waals surface area contributed by atoms with Gasteiger partial charge in [-0.2, -0.15) is 0 Å². The summed E-state index contributed by atoms with van der Waals surface area (Å²) in [6, 6.07) is 14.8. The molecular weight excluding hydrogens is 316 g/mol. The molecule has 1 atom stereocenters. The Morgan fingerprint density at radius 2 is 1.80 bits per heavy atom. The van der Waals surface area contributed by atoms with Crippen LogP contribution in [0.3, 0.4) is 0 Å². The smallest absolute Gasteiger partial charge is 0.257 e. The van der Waals surface area contributed by atoms with E-state index < -0.39 is 0 Å². The molecule has 0 radical (unpaired) electrons. The predicted molar refractivity (Wildman–Crippen MR) is 97.2 cm³/mol. The van der Waals surface area contributed by atoms with Crippen LogP contribution in [0.1, 0.15) is 30.1 Å². The minimum absolute atomic E-state index is 0.0420. The molecule has 1 saturated heterocycles. The SMILES string of the molecule is CCOc1ccccc1Oc1ccccc1C(=O)N1CCCC(N)C1. The third-order valence-corrected chi connectivity index (χ3v) is 4.23. The van der Waals surface area contributed by atoms with Gasteiger partial charge in [-0.05, 0) is 44.0 Å². The fourth-order valence-electron chi connectivity index (χ4n) is 3.02. The molecule has 0 saturated carbocycles. The van der Waals surface area contributed by atoms with Gasteiger partial charge < -0.3 is 20.1 Å². The van der Waals surface area contributed by atoms with Crippen LogP contribution in [0.2, 0.25) is 0 Å². The number of carbonyl (C=O) groups excluding carboxylic acids is 1. The quantitative estimate of drug-likeness (QED) is 0.905. The first-order chi connectivity index (χ1) is 12.2. The lowest BCUT2D eigenvalue weighted by atomic mass is 10.0. The van der Waals surface area contributed by atoms with Gasteiger partial charge in [0.2, 0.25) is 0 Å². The zero-order chi connectivity index (χ0) is 17.6. The number of ether oxygens (including phenoxy) is 2. The summed E-state index contributed by atoms with van der Waals surface area (Å²) in [6.45, 7) is 3.79. The summed E-state index contributed by atoms with van der Waals surface area (Å²) < 4.78 is 11.6. The summed E-state index contributed by atoms with van der Waals surface area (Å²) in [5.74, 6) is 1.74. The number of rotatable bonds is 5. The van der Waals surface area contributed by atoms with Crippen LogP contribution < -0.4 is 15.2 Å². The number of nitrogens with two attached hydrogens (primary N) is 1. The largest absolute Gasteiger partial charge is 0.490 e. The minimum Gasteiger partial charge on any atom is -0.490 e. The Labute approximate surface area is 148 Å². The molecule has 2 N–H and O–H groups in total. The number of nitrogens with zero attached hydrogens (tertiary/aromatic N) is 1. The van der Waals surface area contributed by atoms with E-state index in [1.54, 1.807) is 12.1 Å². The molecule has 1 aliphatic rings. The Morgan fingerprint density at radius 1 is 1.12 bits per heavy atom. The van der Waals surface area contributed by atoms with E-state index in [2.05, 4.69) is 0 Å². The average Bonchev–Trinajstić information content (AvgIpc) is 2.63. The Hall–Kier alpha value is -2.53. The zero-order valence-electron chi connectivity index (χ0n) is 14.5. The number of piperidine rings is 1. The van der Waals surface area contributed by atoms with Gasteiger partial charge in [-0.1, -0.05) is 24.3 Å². The topological polar surface area (TPSA) is 64.8 Å². The van der Waals surface area contributed by atoms with Gasteiger partial charge in [0, 0.05) is 19.1 Å². The molecule has 1 fully saturated rings. The van der Waals surface area contributed by atoms with Gasteiger partial charge in [-0.15, -0.1) is 0 Å². The molecule has 0 aliphatic carbocycles. The lowest BCUT2D eigenvalue weighted by Crippen LogP contribution is -2.45. The van der Waals surface area contributed by atoms with Crippen LogP contribution in [0.4, 0.5) is 0 Å². The zero-order valence-corrected chi connectivity index (χ0v) is 14.5. The van der Waals surface area contributed by atoms with Crippen molar-refractivity contribution >= 4 is 5.91 Å². The summed E-state index contributed by atoms with van der Waals surface area (Å²) >= 11 is 0. The van der Waals surface area contributed by atoms with Crippen LogP contribution in [0, 0.1) is 0 Å². The molecule has 1 unspecified atom stereocenters. The van der Waals surface area contributed by atoms with Crippen molar-refractivity contribution in [2.75, 3.05) is 19.7 Å². The maximum atomic E-state index is 12.9. The van der Waals surface area contributed by atoms with Crippen molar-refractivity contribution < 1.29 is 14.3 Å². The number of likely N-dealkylation sites (tertiary alicyclic amines) is 1. The molecule has 3 rings (SSSR count). The second kappa shape index (κ2) is 8.03. The third kappa shape index (κ3) is 4.12. The highest BCUT2D eigenvalue weighted by atomic mass is 16.5. The monoisotopic (exact) mass is 340 g/mol. The van der Waals surface area contributed by atoms with Gasteiger partial charge in [-0.3, -0.25) is 4.79 Å². The molecular formula is C20H24N2O3. The maximum absolute atomic E-state index is 12.9. The fourth-order valence-corrected chi connectivity index (χ4v) is 3.02. The maximum Gasteiger partial charge on any atom is 0.257 e. The molecule has 1 aliphatic heterocycles. The first kappa shape index (κ1) is 17.3. The first-order valence-corrected chi connectivity index (χ1v) is 8.72. The normalized spacial score (nSPS) is 17.2. The van der Waals surface area contributed by atoms with Crippen LogP contribution in [0.25, 0.3) is 0 Å². The van der Waals surface area contributed by atoms with Crippen LogP contribution in [0.15, 0.2) is 48.5 Å². The minimum atomic E-state index is -0.0420. The molecule has 5 nitrogen and oxygen atoms in total. The number of hydrogen-bond donors (Lipinski definition) is 1. The number of carbonyl (C=O) groups is 1. The van der Waals surface area contributed by atoms with E-state index >= 15 is 0 Å². The van der Waals surface area contributed by atoms with Crippen molar-refractivity contribution in [3.05, 3.63) is 54.1 Å². The molecule has 0 aromatic heterocycles. The summed E-state index contributed by atoms with van der Waals surface area (Å²) in [7, 11) is 0. The van der Waals surface area contributed by atoms with Gasteiger partial charge in [0.1, 0.15) is 5.75 Å². The van der Waals surface area contributed by atoms with Crippen LogP contribution in [-0.2, 0) is 0 Å². The second-order valence-electron chi connectivity index (χ2n) is 6.13. The molecule has 1 heterocycles. The van der Waals surface area contributed by atoms with E-state index in [1.165, 1.54) is 0 Å². The lowest BCUT2D eigenvalue weighted by molar-refractivity contribution is 0.0706. The standard InChI is InChI=1S/C20H24N2O3/c1-2-24-18-11-5-6-12-19(18)25-17-10-4-3-9-16(17)20(23)22-13-7-8-15(21)14-22/h3-6,9-12,15H,2,7-8,13-14,21H2,1H3. The Morgan fingerprint density at radius 3 is 2.52 bits per heavy atom. The molecule has 0 bridgehead atoms. The van der Waals surface area contributed by atoms with Gasteiger partial charge in [0.15, 0.2) is 11.5 Å². The molecule has 2 aromatic carbocycles. The molecule has 132 valence electrons. The van der Waals surface area contributed by atoms with Crippen LogP contribution >= 0.6 is 0 Å². The summed E-state index contributed by atoms with van der Waals surface area (Å²) in [5.41, 5.74) is 6.56. The van der Waals surface area contributed by atoms with Gasteiger partial charge in [0.25, 0.3) is 5.91 Å². The Bertz CT molecular complexity index is 732. The van der Waals surface area contributed by atoms with E-state index in [0.717, 1.165) is 19.4 Å². The molecule has 0 spiro atoms. The summed E-state index contributed by atoms with van der Waals surface area (Å²) in [5, 5.41) is 0. The van der Waals surface area contributed by atoms with E-state index in [1.807, 2.05) is 48.2 Å². The van der Waals surface area contributed by atoms with Gasteiger partial charge in [-0.25, -0.2) is 0 Å². The van der Waals surface area contributed by atoms with Crippen LogP contribution in [0.5, 0.6) is 17.2 Å². The number of amides is 1. The molecule has 2 aromatic rings. The van der Waals surface area contributed by atoms with Gasteiger partial charge in [0.05, 0.1) is 12.2 Å². The number of benzene rings is 2. The van der Waals surface area contributed by atoms with Crippen molar-refractivity contribution in [1.29, 1.82) is 0 Å². The number of hydrogen-bond acceptors (Lipinski definition) is 4. The third-order valence-electron chi connectivity index (χ3n) is 4.23. The Balaban J connectivity index is 1.85. The van der Waals surface area contributed by atoms with Gasteiger partial charge >= 0.3 is 0 Å².